The Hall–Kier alpha value is -2.03. The summed E-state index contributed by atoms with van der Waals surface area (Å²) in [6.45, 7) is 1.99. The van der Waals surface area contributed by atoms with Gasteiger partial charge >= 0.3 is 0 Å². The minimum absolute atomic E-state index is 0.131. The van der Waals surface area contributed by atoms with Crippen molar-refractivity contribution in [3.05, 3.63) is 65.2 Å². The lowest BCUT2D eigenvalue weighted by atomic mass is 10.2. The van der Waals surface area contributed by atoms with E-state index in [1.165, 1.54) is 12.1 Å². The molecule has 2 rings (SSSR count). The van der Waals surface area contributed by atoms with E-state index < -0.39 is 11.6 Å². The highest BCUT2D eigenvalue weighted by atomic mass is 19.1. The van der Waals surface area contributed by atoms with Crippen molar-refractivity contribution in [2.75, 3.05) is 0 Å². The molecule has 0 fully saturated rings. The highest BCUT2D eigenvalue weighted by molar-refractivity contribution is 5.81. The Kier molecular flexibility index (Phi) is 3.28. The van der Waals surface area contributed by atoms with Crippen LogP contribution in [0.15, 0.2) is 47.5 Å². The first-order valence-corrected chi connectivity index (χ1v) is 5.21. The summed E-state index contributed by atoms with van der Waals surface area (Å²) in [7, 11) is 0. The van der Waals surface area contributed by atoms with E-state index in [1.807, 2.05) is 31.2 Å². The molecule has 0 unspecified atom stereocenters. The first-order valence-electron chi connectivity index (χ1n) is 5.21. The van der Waals surface area contributed by atoms with Gasteiger partial charge in [0, 0.05) is 12.3 Å². The van der Waals surface area contributed by atoms with Crippen LogP contribution in [0.25, 0.3) is 0 Å². The van der Waals surface area contributed by atoms with Crippen molar-refractivity contribution in [1.29, 1.82) is 0 Å². The fourth-order valence-electron chi connectivity index (χ4n) is 1.38. The van der Waals surface area contributed by atoms with Gasteiger partial charge in [-0.25, -0.2) is 8.78 Å². The Morgan fingerprint density at radius 3 is 2.35 bits per heavy atom. The number of hydrogen-bond donors (Lipinski definition) is 0. The van der Waals surface area contributed by atoms with Crippen LogP contribution in [0.3, 0.4) is 0 Å². The van der Waals surface area contributed by atoms with E-state index in [1.54, 1.807) is 6.21 Å². The summed E-state index contributed by atoms with van der Waals surface area (Å²) in [5, 5.41) is 0. The van der Waals surface area contributed by atoms with Crippen LogP contribution in [0, 0.1) is 18.6 Å². The molecule has 0 aliphatic heterocycles. The summed E-state index contributed by atoms with van der Waals surface area (Å²) in [4.78, 5) is 3.98. The summed E-state index contributed by atoms with van der Waals surface area (Å²) in [6.07, 6.45) is 1.55. The fourth-order valence-corrected chi connectivity index (χ4v) is 1.38. The Balaban J connectivity index is 2.23. The van der Waals surface area contributed by atoms with Crippen LogP contribution < -0.4 is 0 Å². The van der Waals surface area contributed by atoms with Crippen LogP contribution in [0.2, 0.25) is 0 Å². The van der Waals surface area contributed by atoms with Crippen LogP contribution in [0.5, 0.6) is 0 Å². The molecule has 0 aliphatic rings. The third-order valence-corrected chi connectivity index (χ3v) is 2.34. The van der Waals surface area contributed by atoms with E-state index in [0.717, 1.165) is 17.2 Å². The zero-order valence-corrected chi connectivity index (χ0v) is 9.32. The van der Waals surface area contributed by atoms with Gasteiger partial charge < -0.3 is 0 Å². The van der Waals surface area contributed by atoms with E-state index in [4.69, 9.17) is 0 Å². The SMILES string of the molecule is Cc1ccc(C=Nc2ccc(F)cc2F)cc1. The molecule has 0 spiro atoms. The van der Waals surface area contributed by atoms with Gasteiger partial charge in [0.1, 0.15) is 5.82 Å². The molecule has 86 valence electrons. The Morgan fingerprint density at radius 2 is 1.71 bits per heavy atom. The molecule has 1 nitrogen and oxygen atoms in total. The molecule has 0 atom stereocenters. The molecule has 0 radical (unpaired) electrons. The molecule has 2 aromatic rings. The largest absolute Gasteiger partial charge is 0.253 e. The molecule has 0 aliphatic carbocycles. The fraction of sp³-hybridized carbons (Fsp3) is 0.0714. The van der Waals surface area contributed by atoms with Crippen molar-refractivity contribution in [2.24, 2.45) is 4.99 Å². The van der Waals surface area contributed by atoms with E-state index in [9.17, 15) is 8.78 Å². The standard InChI is InChI=1S/C14H11F2N/c1-10-2-4-11(5-3-10)9-17-14-7-6-12(15)8-13(14)16/h2-9H,1H3. The molecular formula is C14H11F2N. The topological polar surface area (TPSA) is 12.4 Å². The van der Waals surface area contributed by atoms with Gasteiger partial charge in [-0.15, -0.1) is 0 Å². The lowest BCUT2D eigenvalue weighted by molar-refractivity contribution is 0.585. The minimum Gasteiger partial charge on any atom is -0.253 e. The zero-order chi connectivity index (χ0) is 12.3. The van der Waals surface area contributed by atoms with Crippen molar-refractivity contribution in [3.63, 3.8) is 0 Å². The second kappa shape index (κ2) is 4.87. The molecular weight excluding hydrogens is 220 g/mol. The second-order valence-electron chi connectivity index (χ2n) is 3.76. The predicted octanol–water partition coefficient (Wildman–Crippen LogP) is 4.02. The van der Waals surface area contributed by atoms with E-state index in [-0.39, 0.29) is 5.69 Å². The monoisotopic (exact) mass is 231 g/mol. The van der Waals surface area contributed by atoms with Crippen molar-refractivity contribution in [3.8, 4) is 0 Å². The molecule has 0 saturated carbocycles. The predicted molar refractivity (Wildman–Crippen MR) is 64.8 cm³/mol. The Labute approximate surface area is 98.4 Å². The van der Waals surface area contributed by atoms with Crippen molar-refractivity contribution < 1.29 is 8.78 Å². The molecule has 17 heavy (non-hydrogen) atoms. The summed E-state index contributed by atoms with van der Waals surface area (Å²) in [5.74, 6) is -1.26. The molecule has 0 aromatic heterocycles. The third-order valence-electron chi connectivity index (χ3n) is 2.34. The maximum atomic E-state index is 13.3. The molecule has 3 heteroatoms. The van der Waals surface area contributed by atoms with Gasteiger partial charge in [0.2, 0.25) is 0 Å². The zero-order valence-electron chi connectivity index (χ0n) is 9.32. The van der Waals surface area contributed by atoms with E-state index in [2.05, 4.69) is 4.99 Å². The van der Waals surface area contributed by atoms with Gasteiger partial charge in [0.05, 0.1) is 5.69 Å². The normalized spacial score (nSPS) is 11.0. The van der Waals surface area contributed by atoms with Gasteiger partial charge in [0.25, 0.3) is 0 Å². The second-order valence-corrected chi connectivity index (χ2v) is 3.76. The van der Waals surface area contributed by atoms with Crippen molar-refractivity contribution in [2.45, 2.75) is 6.92 Å². The number of hydrogen-bond acceptors (Lipinski definition) is 1. The number of nitrogens with zero attached hydrogens (tertiary/aromatic N) is 1. The number of halogens is 2. The number of aliphatic imine (C=N–C) groups is 1. The van der Waals surface area contributed by atoms with Crippen LogP contribution in [-0.4, -0.2) is 6.21 Å². The van der Waals surface area contributed by atoms with Crippen molar-refractivity contribution >= 4 is 11.9 Å². The van der Waals surface area contributed by atoms with E-state index >= 15 is 0 Å². The summed E-state index contributed by atoms with van der Waals surface area (Å²) >= 11 is 0. The first kappa shape index (κ1) is 11.5. The Bertz CT molecular complexity index is 545. The number of aryl methyl sites for hydroxylation is 1. The van der Waals surface area contributed by atoms with Crippen molar-refractivity contribution in [1.82, 2.24) is 0 Å². The average Bonchev–Trinajstić information content (AvgIpc) is 2.30. The highest BCUT2D eigenvalue weighted by Gasteiger charge is 2.00. The van der Waals surface area contributed by atoms with Gasteiger partial charge in [0.15, 0.2) is 5.82 Å². The molecule has 0 N–H and O–H groups in total. The lowest BCUT2D eigenvalue weighted by Gasteiger charge is -1.97. The van der Waals surface area contributed by atoms with Gasteiger partial charge in [-0.1, -0.05) is 29.8 Å². The molecule has 0 amide bonds. The number of rotatable bonds is 2. The quantitative estimate of drug-likeness (QED) is 0.692. The number of benzene rings is 2. The maximum Gasteiger partial charge on any atom is 0.151 e. The van der Waals surface area contributed by atoms with Crippen LogP contribution >= 0.6 is 0 Å². The minimum atomic E-state index is -0.659. The van der Waals surface area contributed by atoms with Gasteiger partial charge in [-0.2, -0.15) is 0 Å². The molecule has 0 saturated heterocycles. The van der Waals surface area contributed by atoms with Crippen LogP contribution in [-0.2, 0) is 0 Å². The maximum absolute atomic E-state index is 13.3. The molecule has 0 heterocycles. The molecule has 2 aromatic carbocycles. The smallest absolute Gasteiger partial charge is 0.151 e. The van der Waals surface area contributed by atoms with Crippen LogP contribution in [0.4, 0.5) is 14.5 Å². The average molecular weight is 231 g/mol. The highest BCUT2D eigenvalue weighted by Crippen LogP contribution is 2.18. The lowest BCUT2D eigenvalue weighted by Crippen LogP contribution is -1.83. The van der Waals surface area contributed by atoms with Gasteiger partial charge in [-0.3, -0.25) is 4.99 Å². The Morgan fingerprint density at radius 1 is 1.00 bits per heavy atom. The summed E-state index contributed by atoms with van der Waals surface area (Å²) in [6, 6.07) is 11.0. The van der Waals surface area contributed by atoms with E-state index in [0.29, 0.717) is 0 Å². The third kappa shape index (κ3) is 2.97. The van der Waals surface area contributed by atoms with Crippen LogP contribution in [0.1, 0.15) is 11.1 Å². The molecule has 0 bridgehead atoms. The summed E-state index contributed by atoms with van der Waals surface area (Å²) in [5.41, 5.74) is 2.15. The van der Waals surface area contributed by atoms with Gasteiger partial charge in [-0.05, 0) is 24.6 Å². The summed E-state index contributed by atoms with van der Waals surface area (Å²) < 4.78 is 25.9. The first-order chi connectivity index (χ1) is 8.15.